The van der Waals surface area contributed by atoms with Gasteiger partial charge in [-0.25, -0.2) is 4.79 Å². The van der Waals surface area contributed by atoms with E-state index in [0.29, 0.717) is 5.76 Å². The molecule has 4 nitrogen and oxygen atoms in total. The first-order valence-corrected chi connectivity index (χ1v) is 4.50. The molecule has 1 heterocycles. The normalized spacial score (nSPS) is 12.9. The fourth-order valence-electron chi connectivity index (χ4n) is 1.07. The lowest BCUT2D eigenvalue weighted by Gasteiger charge is -2.11. The summed E-state index contributed by atoms with van der Waals surface area (Å²) >= 11 is 0. The van der Waals surface area contributed by atoms with Crippen molar-refractivity contribution in [1.29, 1.82) is 0 Å². The highest BCUT2D eigenvalue weighted by Crippen LogP contribution is 2.21. The lowest BCUT2D eigenvalue weighted by atomic mass is 10.0. The standard InChI is InChI=1S/C10H15NO3/c1-6(2)9(11)7-4-5-8(14-7)10(12)13-3/h4-6,9H,11H2,1-3H3. The van der Waals surface area contributed by atoms with E-state index in [4.69, 9.17) is 10.2 Å². The van der Waals surface area contributed by atoms with E-state index in [9.17, 15) is 4.79 Å². The zero-order valence-corrected chi connectivity index (χ0v) is 8.61. The summed E-state index contributed by atoms with van der Waals surface area (Å²) in [6, 6.07) is 3.09. The summed E-state index contributed by atoms with van der Waals surface area (Å²) in [5.74, 6) is 0.595. The van der Waals surface area contributed by atoms with E-state index in [0.717, 1.165) is 0 Å². The Labute approximate surface area is 83.0 Å². The van der Waals surface area contributed by atoms with E-state index in [2.05, 4.69) is 4.74 Å². The second kappa shape index (κ2) is 4.28. The van der Waals surface area contributed by atoms with E-state index < -0.39 is 5.97 Å². The van der Waals surface area contributed by atoms with Gasteiger partial charge in [0.2, 0.25) is 5.76 Å². The first kappa shape index (κ1) is 10.8. The number of furan rings is 1. The zero-order valence-electron chi connectivity index (χ0n) is 8.61. The predicted molar refractivity (Wildman–Crippen MR) is 51.8 cm³/mol. The van der Waals surface area contributed by atoms with Crippen LogP contribution in [0.5, 0.6) is 0 Å². The minimum absolute atomic E-state index is 0.187. The largest absolute Gasteiger partial charge is 0.463 e. The molecule has 0 spiro atoms. The van der Waals surface area contributed by atoms with E-state index >= 15 is 0 Å². The molecule has 4 heteroatoms. The SMILES string of the molecule is COC(=O)c1ccc(C(N)C(C)C)o1. The number of rotatable bonds is 3. The van der Waals surface area contributed by atoms with Gasteiger partial charge in [-0.3, -0.25) is 0 Å². The van der Waals surface area contributed by atoms with Crippen LogP contribution in [0.15, 0.2) is 16.5 Å². The summed E-state index contributed by atoms with van der Waals surface area (Å²) in [6.45, 7) is 3.98. The number of methoxy groups -OCH3 is 1. The number of hydrogen-bond acceptors (Lipinski definition) is 4. The fourth-order valence-corrected chi connectivity index (χ4v) is 1.07. The Hall–Kier alpha value is -1.29. The van der Waals surface area contributed by atoms with Gasteiger partial charge in [0.25, 0.3) is 0 Å². The van der Waals surface area contributed by atoms with Gasteiger partial charge in [0.15, 0.2) is 0 Å². The summed E-state index contributed by atoms with van der Waals surface area (Å²) < 4.78 is 9.78. The quantitative estimate of drug-likeness (QED) is 0.749. The van der Waals surface area contributed by atoms with Crippen LogP contribution in [0.4, 0.5) is 0 Å². The van der Waals surface area contributed by atoms with Crippen LogP contribution >= 0.6 is 0 Å². The first-order valence-electron chi connectivity index (χ1n) is 4.50. The second-order valence-electron chi connectivity index (χ2n) is 3.46. The van der Waals surface area contributed by atoms with Crippen LogP contribution < -0.4 is 5.73 Å². The number of nitrogens with two attached hydrogens (primary N) is 1. The van der Waals surface area contributed by atoms with Gasteiger partial charge >= 0.3 is 5.97 Å². The van der Waals surface area contributed by atoms with Crippen LogP contribution in [-0.4, -0.2) is 13.1 Å². The molecule has 0 saturated heterocycles. The topological polar surface area (TPSA) is 65.5 Å². The molecule has 0 aliphatic carbocycles. The summed E-state index contributed by atoms with van der Waals surface area (Å²) in [5.41, 5.74) is 5.85. The van der Waals surface area contributed by atoms with Crippen LogP contribution in [0.25, 0.3) is 0 Å². The van der Waals surface area contributed by atoms with Gasteiger partial charge in [0.05, 0.1) is 13.2 Å². The molecule has 1 aromatic rings. The Morgan fingerprint density at radius 3 is 2.64 bits per heavy atom. The van der Waals surface area contributed by atoms with E-state index in [-0.39, 0.29) is 17.7 Å². The van der Waals surface area contributed by atoms with Crippen molar-refractivity contribution in [2.24, 2.45) is 11.7 Å². The molecule has 1 unspecified atom stereocenters. The van der Waals surface area contributed by atoms with E-state index in [1.807, 2.05) is 13.8 Å². The van der Waals surface area contributed by atoms with Crippen molar-refractivity contribution in [2.45, 2.75) is 19.9 Å². The highest BCUT2D eigenvalue weighted by Gasteiger charge is 2.17. The monoisotopic (exact) mass is 197 g/mol. The van der Waals surface area contributed by atoms with Gasteiger partial charge in [-0.15, -0.1) is 0 Å². The highest BCUT2D eigenvalue weighted by molar-refractivity contribution is 5.86. The molecule has 0 bridgehead atoms. The third-order valence-corrected chi connectivity index (χ3v) is 2.06. The summed E-state index contributed by atoms with van der Waals surface area (Å²) in [6.07, 6.45) is 0. The van der Waals surface area contributed by atoms with Crippen molar-refractivity contribution in [1.82, 2.24) is 0 Å². The maximum absolute atomic E-state index is 11.1. The molecular weight excluding hydrogens is 182 g/mol. The Morgan fingerprint density at radius 2 is 2.14 bits per heavy atom. The summed E-state index contributed by atoms with van der Waals surface area (Å²) in [7, 11) is 1.31. The van der Waals surface area contributed by atoms with Crippen LogP contribution in [0.2, 0.25) is 0 Å². The van der Waals surface area contributed by atoms with Crippen molar-refractivity contribution in [3.63, 3.8) is 0 Å². The average molecular weight is 197 g/mol. The molecule has 0 amide bonds. The van der Waals surface area contributed by atoms with Crippen molar-refractivity contribution >= 4 is 5.97 Å². The lowest BCUT2D eigenvalue weighted by molar-refractivity contribution is 0.0562. The van der Waals surface area contributed by atoms with E-state index in [1.54, 1.807) is 12.1 Å². The average Bonchev–Trinajstić information content (AvgIpc) is 2.64. The molecule has 14 heavy (non-hydrogen) atoms. The smallest absolute Gasteiger partial charge is 0.373 e. The number of carbonyl (C=O) groups excluding carboxylic acids is 1. The highest BCUT2D eigenvalue weighted by atomic mass is 16.5. The molecule has 1 rings (SSSR count). The van der Waals surface area contributed by atoms with Crippen LogP contribution in [0.3, 0.4) is 0 Å². The maximum atomic E-state index is 11.1. The van der Waals surface area contributed by atoms with Crippen molar-refractivity contribution in [3.05, 3.63) is 23.7 Å². The van der Waals surface area contributed by atoms with Crippen LogP contribution in [0, 0.1) is 5.92 Å². The van der Waals surface area contributed by atoms with Crippen LogP contribution in [-0.2, 0) is 4.74 Å². The summed E-state index contributed by atoms with van der Waals surface area (Å²) in [5, 5.41) is 0. The molecule has 0 aliphatic heterocycles. The molecule has 0 aromatic carbocycles. The van der Waals surface area contributed by atoms with Gasteiger partial charge in [-0.05, 0) is 18.1 Å². The predicted octanol–water partition coefficient (Wildman–Crippen LogP) is 1.72. The van der Waals surface area contributed by atoms with Gasteiger partial charge in [-0.2, -0.15) is 0 Å². The lowest BCUT2D eigenvalue weighted by Crippen LogP contribution is -2.15. The molecule has 2 N–H and O–H groups in total. The van der Waals surface area contributed by atoms with Gasteiger partial charge in [0, 0.05) is 0 Å². The maximum Gasteiger partial charge on any atom is 0.373 e. The third kappa shape index (κ3) is 2.14. The molecule has 1 aromatic heterocycles. The minimum atomic E-state index is -0.479. The van der Waals surface area contributed by atoms with Crippen molar-refractivity contribution in [3.8, 4) is 0 Å². The second-order valence-corrected chi connectivity index (χ2v) is 3.46. The number of carbonyl (C=O) groups is 1. The molecule has 0 aliphatic rings. The minimum Gasteiger partial charge on any atom is -0.463 e. The molecular formula is C10H15NO3. The van der Waals surface area contributed by atoms with Gasteiger partial charge in [-0.1, -0.05) is 13.8 Å². The zero-order chi connectivity index (χ0) is 10.7. The van der Waals surface area contributed by atoms with Crippen molar-refractivity contribution in [2.75, 3.05) is 7.11 Å². The molecule has 0 saturated carbocycles. The molecule has 0 radical (unpaired) electrons. The molecule has 0 fully saturated rings. The number of esters is 1. The summed E-state index contributed by atoms with van der Waals surface area (Å²) in [4.78, 5) is 11.1. The van der Waals surface area contributed by atoms with E-state index in [1.165, 1.54) is 7.11 Å². The van der Waals surface area contributed by atoms with Crippen LogP contribution in [0.1, 0.15) is 36.2 Å². The number of ether oxygens (including phenoxy) is 1. The van der Waals surface area contributed by atoms with Gasteiger partial charge in [0.1, 0.15) is 5.76 Å². The Bertz CT molecular complexity index is 317. The molecule has 1 atom stereocenters. The Balaban J connectivity index is 2.82. The Morgan fingerprint density at radius 1 is 1.50 bits per heavy atom. The van der Waals surface area contributed by atoms with Gasteiger partial charge < -0.3 is 14.9 Å². The number of hydrogen-bond donors (Lipinski definition) is 1. The molecule has 78 valence electrons. The van der Waals surface area contributed by atoms with Crippen molar-refractivity contribution < 1.29 is 13.9 Å². The Kier molecular flexibility index (Phi) is 3.30. The third-order valence-electron chi connectivity index (χ3n) is 2.06. The first-order chi connectivity index (χ1) is 6.56. The fraction of sp³-hybridized carbons (Fsp3) is 0.500.